The number of carbonyl (C=O) groups excluding carboxylic acids is 1. The third kappa shape index (κ3) is 2.17. The molecule has 0 heterocycles. The number of rotatable bonds is 3. The van der Waals surface area contributed by atoms with Crippen LogP contribution in [0.4, 0.5) is 5.69 Å². The van der Waals surface area contributed by atoms with E-state index in [4.69, 9.17) is 5.26 Å². The Morgan fingerprint density at radius 3 is 2.67 bits per heavy atom. The van der Waals surface area contributed by atoms with Gasteiger partial charge < -0.3 is 0 Å². The molecule has 5 heteroatoms. The first kappa shape index (κ1) is 10.9. The lowest BCUT2D eigenvalue weighted by Crippen LogP contribution is -2.11. The minimum Gasteiger partial charge on any atom is -0.292 e. The first-order valence-corrected chi connectivity index (χ1v) is 4.25. The molecule has 0 saturated heterocycles. The van der Waals surface area contributed by atoms with Gasteiger partial charge in [-0.2, -0.15) is 5.26 Å². The summed E-state index contributed by atoms with van der Waals surface area (Å²) in [6.45, 7) is 1.42. The van der Waals surface area contributed by atoms with Crippen molar-refractivity contribution in [3.05, 3.63) is 39.9 Å². The number of benzene rings is 1. The van der Waals surface area contributed by atoms with E-state index in [1.807, 2.05) is 0 Å². The molecule has 0 radical (unpaired) electrons. The van der Waals surface area contributed by atoms with Crippen molar-refractivity contribution < 1.29 is 9.72 Å². The molecule has 0 saturated carbocycles. The monoisotopic (exact) mass is 204 g/mol. The summed E-state index contributed by atoms with van der Waals surface area (Å²) in [6, 6.07) is 7.37. The van der Waals surface area contributed by atoms with Gasteiger partial charge in [-0.25, -0.2) is 0 Å². The zero-order valence-electron chi connectivity index (χ0n) is 8.01. The van der Waals surface area contributed by atoms with Gasteiger partial charge in [0.15, 0.2) is 5.78 Å². The molecule has 1 aromatic carbocycles. The quantitative estimate of drug-likeness (QED) is 0.427. The van der Waals surface area contributed by atoms with Crippen molar-refractivity contribution >= 4 is 11.5 Å². The van der Waals surface area contributed by atoms with Crippen molar-refractivity contribution in [2.45, 2.75) is 6.92 Å². The minimum atomic E-state index is -0.869. The second-order valence-electron chi connectivity index (χ2n) is 2.99. The van der Waals surface area contributed by atoms with Crippen LogP contribution in [0.2, 0.25) is 0 Å². The first-order valence-electron chi connectivity index (χ1n) is 4.25. The van der Waals surface area contributed by atoms with Crippen LogP contribution in [0.3, 0.4) is 0 Å². The molecule has 5 nitrogen and oxygen atoms in total. The standard InChI is InChI=1S/C10H8N2O3/c1-7(6-11)10(13)8-4-2-3-5-9(8)12(14)15/h2-5,7H,1H3. The van der Waals surface area contributed by atoms with E-state index in [1.165, 1.54) is 31.2 Å². The summed E-state index contributed by atoms with van der Waals surface area (Å²) in [5.74, 6) is -1.39. The van der Waals surface area contributed by atoms with Gasteiger partial charge >= 0.3 is 0 Å². The van der Waals surface area contributed by atoms with Gasteiger partial charge in [0, 0.05) is 6.07 Å². The van der Waals surface area contributed by atoms with Crippen LogP contribution in [0.5, 0.6) is 0 Å². The fraction of sp³-hybridized carbons (Fsp3) is 0.200. The number of nitro groups is 1. The average Bonchev–Trinajstić information content (AvgIpc) is 2.27. The number of carbonyl (C=O) groups is 1. The number of ketones is 1. The zero-order valence-corrected chi connectivity index (χ0v) is 8.01. The lowest BCUT2D eigenvalue weighted by atomic mass is 9.99. The van der Waals surface area contributed by atoms with Gasteiger partial charge in [-0.3, -0.25) is 14.9 Å². The average molecular weight is 204 g/mol. The summed E-state index contributed by atoms with van der Waals surface area (Å²) < 4.78 is 0. The highest BCUT2D eigenvalue weighted by Gasteiger charge is 2.23. The number of nitro benzene ring substituents is 1. The summed E-state index contributed by atoms with van der Waals surface area (Å²) in [5, 5.41) is 19.2. The SMILES string of the molecule is CC(C#N)C(=O)c1ccccc1[N+](=O)[O-]. The molecule has 0 aliphatic heterocycles. The Morgan fingerprint density at radius 1 is 1.53 bits per heavy atom. The molecule has 0 fully saturated rings. The third-order valence-electron chi connectivity index (χ3n) is 1.95. The number of hydrogen-bond donors (Lipinski definition) is 0. The molecule has 1 rings (SSSR count). The number of para-hydroxylation sites is 1. The van der Waals surface area contributed by atoms with Crippen molar-refractivity contribution in [2.75, 3.05) is 0 Å². The zero-order chi connectivity index (χ0) is 11.4. The van der Waals surface area contributed by atoms with E-state index in [0.717, 1.165) is 0 Å². The van der Waals surface area contributed by atoms with Crippen LogP contribution < -0.4 is 0 Å². The van der Waals surface area contributed by atoms with Crippen LogP contribution in [0.25, 0.3) is 0 Å². The van der Waals surface area contributed by atoms with E-state index in [2.05, 4.69) is 0 Å². The van der Waals surface area contributed by atoms with Gasteiger partial charge in [-0.15, -0.1) is 0 Å². The molecule has 0 N–H and O–H groups in total. The Balaban J connectivity index is 3.21. The molecule has 1 aromatic rings. The fourth-order valence-corrected chi connectivity index (χ4v) is 1.13. The van der Waals surface area contributed by atoms with E-state index < -0.39 is 16.6 Å². The largest absolute Gasteiger partial charge is 0.292 e. The Kier molecular flexibility index (Phi) is 3.13. The smallest absolute Gasteiger partial charge is 0.280 e. The lowest BCUT2D eigenvalue weighted by Gasteiger charge is -2.02. The number of hydrogen-bond acceptors (Lipinski definition) is 4. The predicted molar refractivity (Wildman–Crippen MR) is 52.2 cm³/mol. The molecule has 0 spiro atoms. The molecule has 0 aliphatic rings. The molecule has 76 valence electrons. The van der Waals surface area contributed by atoms with Gasteiger partial charge in [-0.05, 0) is 13.0 Å². The highest BCUT2D eigenvalue weighted by Crippen LogP contribution is 2.20. The Morgan fingerprint density at radius 2 is 2.13 bits per heavy atom. The summed E-state index contributed by atoms with van der Waals surface area (Å²) >= 11 is 0. The van der Waals surface area contributed by atoms with Crippen LogP contribution >= 0.6 is 0 Å². The maximum atomic E-state index is 11.6. The minimum absolute atomic E-state index is 0.0171. The lowest BCUT2D eigenvalue weighted by molar-refractivity contribution is -0.385. The molecule has 0 aliphatic carbocycles. The topological polar surface area (TPSA) is 84.0 Å². The first-order chi connectivity index (χ1) is 7.07. The second-order valence-corrected chi connectivity index (χ2v) is 2.99. The molecule has 15 heavy (non-hydrogen) atoms. The maximum Gasteiger partial charge on any atom is 0.280 e. The van der Waals surface area contributed by atoms with Gasteiger partial charge in [-0.1, -0.05) is 12.1 Å². The van der Waals surface area contributed by atoms with Crippen LogP contribution in [0.15, 0.2) is 24.3 Å². The van der Waals surface area contributed by atoms with Gasteiger partial charge in [0.05, 0.1) is 16.6 Å². The van der Waals surface area contributed by atoms with Crippen molar-refractivity contribution in [2.24, 2.45) is 5.92 Å². The number of nitriles is 1. The highest BCUT2D eigenvalue weighted by atomic mass is 16.6. The molecule has 0 aromatic heterocycles. The maximum absolute atomic E-state index is 11.6. The van der Waals surface area contributed by atoms with Gasteiger partial charge in [0.2, 0.25) is 0 Å². The van der Waals surface area contributed by atoms with Crippen LogP contribution in [0.1, 0.15) is 17.3 Å². The Bertz CT molecular complexity index is 448. The van der Waals surface area contributed by atoms with Crippen LogP contribution in [0, 0.1) is 27.4 Å². The van der Waals surface area contributed by atoms with E-state index >= 15 is 0 Å². The van der Waals surface area contributed by atoms with Crippen molar-refractivity contribution in [1.82, 2.24) is 0 Å². The second kappa shape index (κ2) is 4.33. The molecule has 0 bridgehead atoms. The highest BCUT2D eigenvalue weighted by molar-refractivity contribution is 6.02. The summed E-state index contributed by atoms with van der Waals surface area (Å²) in [6.07, 6.45) is 0. The van der Waals surface area contributed by atoms with E-state index in [-0.39, 0.29) is 11.3 Å². The molecular weight excluding hydrogens is 196 g/mol. The summed E-state index contributed by atoms with van der Waals surface area (Å²) in [4.78, 5) is 21.6. The van der Waals surface area contributed by atoms with E-state index in [1.54, 1.807) is 6.07 Å². The fourth-order valence-electron chi connectivity index (χ4n) is 1.13. The Hall–Kier alpha value is -2.22. The van der Waals surface area contributed by atoms with Crippen molar-refractivity contribution in [3.63, 3.8) is 0 Å². The van der Waals surface area contributed by atoms with Gasteiger partial charge in [0.25, 0.3) is 5.69 Å². The normalized spacial score (nSPS) is 11.5. The van der Waals surface area contributed by atoms with Crippen LogP contribution in [-0.2, 0) is 0 Å². The summed E-state index contributed by atoms with van der Waals surface area (Å²) in [7, 11) is 0. The van der Waals surface area contributed by atoms with E-state index in [9.17, 15) is 14.9 Å². The number of Topliss-reactive ketones (excluding diaryl/α,β-unsaturated/α-hetero) is 1. The molecular formula is C10H8N2O3. The van der Waals surface area contributed by atoms with Gasteiger partial charge in [0.1, 0.15) is 5.92 Å². The van der Waals surface area contributed by atoms with Crippen LogP contribution in [-0.4, -0.2) is 10.7 Å². The number of nitrogens with zero attached hydrogens (tertiary/aromatic N) is 2. The third-order valence-corrected chi connectivity index (χ3v) is 1.95. The van der Waals surface area contributed by atoms with E-state index in [0.29, 0.717) is 0 Å². The Labute approximate surface area is 86.1 Å². The molecule has 1 unspecified atom stereocenters. The van der Waals surface area contributed by atoms with Crippen molar-refractivity contribution in [3.8, 4) is 6.07 Å². The molecule has 0 amide bonds. The van der Waals surface area contributed by atoms with Crippen molar-refractivity contribution in [1.29, 1.82) is 5.26 Å². The summed E-state index contributed by atoms with van der Waals surface area (Å²) in [5.41, 5.74) is -0.277. The molecule has 1 atom stereocenters. The predicted octanol–water partition coefficient (Wildman–Crippen LogP) is 1.94.